The van der Waals surface area contributed by atoms with Crippen molar-refractivity contribution in [3.8, 4) is 0 Å². The fraction of sp³-hybridized carbons (Fsp3) is 0.588. The van der Waals surface area contributed by atoms with E-state index in [2.05, 4.69) is 10.2 Å². The van der Waals surface area contributed by atoms with Gasteiger partial charge in [-0.25, -0.2) is 4.39 Å². The van der Waals surface area contributed by atoms with Crippen molar-refractivity contribution in [2.75, 3.05) is 26.2 Å². The smallest absolute Gasteiger partial charge is 0.227 e. The van der Waals surface area contributed by atoms with Crippen LogP contribution in [0.5, 0.6) is 0 Å². The summed E-state index contributed by atoms with van der Waals surface area (Å²) in [6.45, 7) is 5.19. The number of carbonyl (C=O) groups excluding carboxylic acids is 1. The minimum absolute atomic E-state index is 0.0698. The Bertz CT molecular complexity index is 487. The molecule has 1 saturated heterocycles. The van der Waals surface area contributed by atoms with Gasteiger partial charge in [0.1, 0.15) is 5.82 Å². The van der Waals surface area contributed by atoms with E-state index in [1.165, 1.54) is 12.1 Å². The van der Waals surface area contributed by atoms with Crippen molar-refractivity contribution in [2.45, 2.75) is 38.2 Å². The molecule has 1 aromatic carbocycles. The Morgan fingerprint density at radius 1 is 1.45 bits per heavy atom. The molecule has 2 rings (SSSR count). The minimum Gasteiger partial charge on any atom is -0.393 e. The normalized spacial score (nSPS) is 18.1. The number of nitrogens with zero attached hydrogens (tertiary/aromatic N) is 1. The fourth-order valence-electron chi connectivity index (χ4n) is 2.74. The van der Waals surface area contributed by atoms with Gasteiger partial charge in [-0.05, 0) is 50.4 Å². The largest absolute Gasteiger partial charge is 0.393 e. The number of hydrogen-bond acceptors (Lipinski definition) is 3. The van der Waals surface area contributed by atoms with E-state index in [1.807, 2.05) is 0 Å². The number of hydrogen-bond donors (Lipinski definition) is 2. The first-order valence-electron chi connectivity index (χ1n) is 8.00. The van der Waals surface area contributed by atoms with Gasteiger partial charge in [0.2, 0.25) is 5.91 Å². The number of aliphatic hydroxyl groups is 1. The molecule has 1 aromatic rings. The summed E-state index contributed by atoms with van der Waals surface area (Å²) < 4.78 is 13.2. The number of piperidine rings is 1. The average Bonchev–Trinajstić information content (AvgIpc) is 2.52. The first kappa shape index (κ1) is 16.9. The average molecular weight is 308 g/mol. The lowest BCUT2D eigenvalue weighted by Gasteiger charge is -2.29. The van der Waals surface area contributed by atoms with Crippen LogP contribution in [-0.4, -0.2) is 48.2 Å². The minimum atomic E-state index is -0.346. The molecule has 1 unspecified atom stereocenters. The number of likely N-dealkylation sites (tertiary alicyclic amines) is 1. The van der Waals surface area contributed by atoms with Crippen LogP contribution in [0.3, 0.4) is 0 Å². The van der Waals surface area contributed by atoms with Gasteiger partial charge in [0.05, 0.1) is 12.0 Å². The maximum atomic E-state index is 13.2. The van der Waals surface area contributed by atoms with E-state index in [-0.39, 0.29) is 23.7 Å². The van der Waals surface area contributed by atoms with Gasteiger partial charge in [0.25, 0.3) is 0 Å². The maximum Gasteiger partial charge on any atom is 0.227 e. The van der Waals surface area contributed by atoms with Crippen molar-refractivity contribution in [1.29, 1.82) is 0 Å². The lowest BCUT2D eigenvalue weighted by Crippen LogP contribution is -2.38. The van der Waals surface area contributed by atoms with Crippen LogP contribution in [0, 0.1) is 5.82 Å². The Labute approximate surface area is 131 Å². The van der Waals surface area contributed by atoms with Crippen LogP contribution < -0.4 is 5.32 Å². The molecule has 1 amide bonds. The van der Waals surface area contributed by atoms with Gasteiger partial charge in [-0.15, -0.1) is 0 Å². The highest BCUT2D eigenvalue weighted by Crippen LogP contribution is 2.16. The Morgan fingerprint density at radius 2 is 2.18 bits per heavy atom. The zero-order valence-electron chi connectivity index (χ0n) is 13.1. The Hall–Kier alpha value is -1.46. The number of rotatable bonds is 6. The van der Waals surface area contributed by atoms with Gasteiger partial charge < -0.3 is 15.3 Å². The third-order valence-electron chi connectivity index (χ3n) is 4.25. The van der Waals surface area contributed by atoms with Crippen molar-refractivity contribution in [1.82, 2.24) is 10.2 Å². The van der Waals surface area contributed by atoms with Crippen LogP contribution in [-0.2, 0) is 4.79 Å². The van der Waals surface area contributed by atoms with E-state index in [9.17, 15) is 14.3 Å². The molecule has 1 fully saturated rings. The van der Waals surface area contributed by atoms with Gasteiger partial charge in [-0.2, -0.15) is 0 Å². The first-order chi connectivity index (χ1) is 10.6. The maximum absolute atomic E-state index is 13.2. The second-order valence-electron chi connectivity index (χ2n) is 5.99. The molecule has 0 radical (unpaired) electrons. The number of amides is 1. The Kier molecular flexibility index (Phi) is 6.34. The molecule has 5 heteroatoms. The van der Waals surface area contributed by atoms with Crippen molar-refractivity contribution in [2.24, 2.45) is 0 Å². The van der Waals surface area contributed by atoms with Crippen molar-refractivity contribution < 1.29 is 14.3 Å². The predicted octanol–water partition coefficient (Wildman–Crippen LogP) is 1.89. The molecule has 0 aromatic heterocycles. The molecule has 122 valence electrons. The third-order valence-corrected chi connectivity index (χ3v) is 4.25. The van der Waals surface area contributed by atoms with E-state index in [0.717, 1.165) is 38.9 Å². The molecule has 1 atom stereocenters. The van der Waals surface area contributed by atoms with Crippen LogP contribution in [0.4, 0.5) is 4.39 Å². The monoisotopic (exact) mass is 308 g/mol. The summed E-state index contributed by atoms with van der Waals surface area (Å²) >= 11 is 0. The van der Waals surface area contributed by atoms with Crippen LogP contribution >= 0.6 is 0 Å². The van der Waals surface area contributed by atoms with Crippen molar-refractivity contribution >= 4 is 5.91 Å². The quantitative estimate of drug-likeness (QED) is 0.789. The highest BCUT2D eigenvalue weighted by molar-refractivity contribution is 5.83. The van der Waals surface area contributed by atoms with Gasteiger partial charge in [0.15, 0.2) is 0 Å². The lowest BCUT2D eigenvalue weighted by atomic mass is 10.0. The van der Waals surface area contributed by atoms with Crippen LogP contribution in [0.2, 0.25) is 0 Å². The van der Waals surface area contributed by atoms with Crippen LogP contribution in [0.15, 0.2) is 24.3 Å². The summed E-state index contributed by atoms with van der Waals surface area (Å²) in [6.07, 6.45) is 2.41. The van der Waals surface area contributed by atoms with Gasteiger partial charge >= 0.3 is 0 Å². The highest BCUT2D eigenvalue weighted by atomic mass is 19.1. The van der Waals surface area contributed by atoms with E-state index in [0.29, 0.717) is 12.1 Å². The van der Waals surface area contributed by atoms with Gasteiger partial charge in [-0.3, -0.25) is 4.79 Å². The number of nitrogens with one attached hydrogen (secondary N) is 1. The second-order valence-corrected chi connectivity index (χ2v) is 5.99. The SMILES string of the molecule is CC(C(=O)NCCCN1CCC(O)CC1)c1cccc(F)c1. The summed E-state index contributed by atoms with van der Waals surface area (Å²) in [5, 5.41) is 12.4. The standard InChI is InChI=1S/C17H25FN2O2/c1-13(14-4-2-5-15(18)12-14)17(22)19-8-3-9-20-10-6-16(21)7-11-20/h2,4-5,12-13,16,21H,3,6-11H2,1H3,(H,19,22). The Balaban J connectivity index is 1.67. The Morgan fingerprint density at radius 3 is 2.86 bits per heavy atom. The molecule has 0 saturated carbocycles. The summed E-state index contributed by atoms with van der Waals surface area (Å²) in [5.41, 5.74) is 0.697. The molecule has 1 heterocycles. The molecule has 4 nitrogen and oxygen atoms in total. The van der Waals surface area contributed by atoms with E-state index in [4.69, 9.17) is 0 Å². The lowest BCUT2D eigenvalue weighted by molar-refractivity contribution is -0.122. The van der Waals surface area contributed by atoms with Crippen molar-refractivity contribution in [3.05, 3.63) is 35.6 Å². The number of benzene rings is 1. The van der Waals surface area contributed by atoms with Gasteiger partial charge in [-0.1, -0.05) is 12.1 Å². The summed E-state index contributed by atoms with van der Waals surface area (Å²) in [7, 11) is 0. The molecule has 1 aliphatic rings. The molecule has 0 spiro atoms. The molecule has 0 aliphatic carbocycles. The van der Waals surface area contributed by atoms with E-state index >= 15 is 0 Å². The molecular formula is C17H25FN2O2. The van der Waals surface area contributed by atoms with Crippen LogP contribution in [0.1, 0.15) is 37.7 Å². The molecular weight excluding hydrogens is 283 g/mol. The number of aliphatic hydroxyl groups excluding tert-OH is 1. The van der Waals surface area contributed by atoms with Crippen LogP contribution in [0.25, 0.3) is 0 Å². The summed E-state index contributed by atoms with van der Waals surface area (Å²) in [6, 6.07) is 6.18. The van der Waals surface area contributed by atoms with Gasteiger partial charge in [0, 0.05) is 19.6 Å². The third kappa shape index (κ3) is 5.07. The molecule has 2 N–H and O–H groups in total. The fourth-order valence-corrected chi connectivity index (χ4v) is 2.74. The molecule has 1 aliphatic heterocycles. The van der Waals surface area contributed by atoms with E-state index < -0.39 is 0 Å². The molecule has 22 heavy (non-hydrogen) atoms. The topological polar surface area (TPSA) is 52.6 Å². The molecule has 0 bridgehead atoms. The zero-order valence-corrected chi connectivity index (χ0v) is 13.1. The summed E-state index contributed by atoms with van der Waals surface area (Å²) in [5.74, 6) is -0.732. The number of carbonyl (C=O) groups is 1. The summed E-state index contributed by atoms with van der Waals surface area (Å²) in [4.78, 5) is 14.4. The van der Waals surface area contributed by atoms with E-state index in [1.54, 1.807) is 19.1 Å². The number of halogens is 1. The second kappa shape index (κ2) is 8.25. The zero-order chi connectivity index (χ0) is 15.9. The van der Waals surface area contributed by atoms with Crippen molar-refractivity contribution in [3.63, 3.8) is 0 Å². The first-order valence-corrected chi connectivity index (χ1v) is 8.00. The highest BCUT2D eigenvalue weighted by Gasteiger charge is 2.17. The predicted molar refractivity (Wildman–Crippen MR) is 84.1 cm³/mol.